The highest BCUT2D eigenvalue weighted by atomic mass is 32.2. The summed E-state index contributed by atoms with van der Waals surface area (Å²) in [6, 6.07) is 0. The molecule has 8 heteroatoms. The molecule has 0 aliphatic heterocycles. The van der Waals surface area contributed by atoms with Crippen molar-refractivity contribution in [1.82, 2.24) is 9.71 Å². The lowest BCUT2D eigenvalue weighted by molar-refractivity contribution is 0.0687. The Labute approximate surface area is 110 Å². The topological polar surface area (TPSA) is 96.4 Å². The van der Waals surface area contributed by atoms with Gasteiger partial charge in [-0.1, -0.05) is 13.8 Å². The summed E-state index contributed by atoms with van der Waals surface area (Å²) in [5.41, 5.74) is 0.202. The second-order valence-electron chi connectivity index (χ2n) is 4.17. The maximum atomic E-state index is 12.1. The van der Waals surface area contributed by atoms with E-state index in [0.29, 0.717) is 12.8 Å². The minimum atomic E-state index is -3.85. The Kier molecular flexibility index (Phi) is 4.46. The molecule has 0 saturated heterocycles. The summed E-state index contributed by atoms with van der Waals surface area (Å²) < 4.78 is 26.6. The summed E-state index contributed by atoms with van der Waals surface area (Å²) in [5.74, 6) is -1.34. The summed E-state index contributed by atoms with van der Waals surface area (Å²) >= 11 is 0.804. The van der Waals surface area contributed by atoms with Crippen molar-refractivity contribution in [2.75, 3.05) is 0 Å². The molecule has 1 aromatic rings. The second-order valence-corrected chi connectivity index (χ2v) is 6.90. The Morgan fingerprint density at radius 2 is 2.06 bits per heavy atom. The number of aromatic nitrogens is 1. The maximum Gasteiger partial charge on any atom is 0.356 e. The highest BCUT2D eigenvalue weighted by molar-refractivity contribution is 7.91. The van der Waals surface area contributed by atoms with Crippen LogP contribution in [0.5, 0.6) is 0 Å². The van der Waals surface area contributed by atoms with E-state index in [1.807, 2.05) is 13.8 Å². The van der Waals surface area contributed by atoms with E-state index in [1.54, 1.807) is 6.92 Å². The number of nitrogens with zero attached hydrogens (tertiary/aromatic N) is 1. The Balaban J connectivity index is 3.15. The van der Waals surface area contributed by atoms with Gasteiger partial charge in [-0.2, -0.15) is 0 Å². The van der Waals surface area contributed by atoms with Crippen LogP contribution in [0.2, 0.25) is 0 Å². The van der Waals surface area contributed by atoms with Gasteiger partial charge in [0.2, 0.25) is 0 Å². The largest absolute Gasteiger partial charge is 0.476 e. The normalized spacial score (nSPS) is 12.6. The molecule has 1 heterocycles. The zero-order valence-electron chi connectivity index (χ0n) is 10.4. The van der Waals surface area contributed by atoms with Crippen molar-refractivity contribution in [3.63, 3.8) is 0 Å². The summed E-state index contributed by atoms with van der Waals surface area (Å²) in [5, 5.41) is 8.88. The van der Waals surface area contributed by atoms with Gasteiger partial charge < -0.3 is 5.11 Å². The first-order chi connectivity index (χ1) is 8.25. The summed E-state index contributed by atoms with van der Waals surface area (Å²) in [4.78, 5) is 14.4. The first-order valence-electron chi connectivity index (χ1n) is 5.46. The molecule has 6 nitrogen and oxygen atoms in total. The van der Waals surface area contributed by atoms with E-state index in [2.05, 4.69) is 9.71 Å². The molecule has 0 atom stereocenters. The van der Waals surface area contributed by atoms with Crippen LogP contribution in [0.15, 0.2) is 9.72 Å². The highest BCUT2D eigenvalue weighted by Crippen LogP contribution is 2.24. The fourth-order valence-corrected chi connectivity index (χ4v) is 4.02. The van der Waals surface area contributed by atoms with Gasteiger partial charge in [0.1, 0.15) is 0 Å². The van der Waals surface area contributed by atoms with Crippen LogP contribution in [-0.4, -0.2) is 30.0 Å². The summed E-state index contributed by atoms with van der Waals surface area (Å²) in [6.07, 6.45) is 1.23. The molecular weight excluding hydrogens is 276 g/mol. The first kappa shape index (κ1) is 15.1. The SMILES string of the molecule is CCC(C)(CC)NS(=O)(=O)c1scnc1C(=O)O. The van der Waals surface area contributed by atoms with Crippen LogP contribution in [0.25, 0.3) is 0 Å². The van der Waals surface area contributed by atoms with E-state index >= 15 is 0 Å². The van der Waals surface area contributed by atoms with Crippen LogP contribution in [0.3, 0.4) is 0 Å². The van der Waals surface area contributed by atoms with E-state index < -0.39 is 27.2 Å². The summed E-state index contributed by atoms with van der Waals surface area (Å²) in [6.45, 7) is 5.53. The fourth-order valence-electron chi connectivity index (χ4n) is 1.33. The van der Waals surface area contributed by atoms with Crippen molar-refractivity contribution in [1.29, 1.82) is 0 Å². The molecule has 2 N–H and O–H groups in total. The van der Waals surface area contributed by atoms with Gasteiger partial charge in [-0.05, 0) is 19.8 Å². The standard InChI is InChI=1S/C10H16N2O4S2/c1-4-10(3,5-2)12-18(15,16)9-7(8(13)14)11-6-17-9/h6,12H,4-5H2,1-3H3,(H,13,14). The van der Waals surface area contributed by atoms with Gasteiger partial charge in [0, 0.05) is 5.54 Å². The van der Waals surface area contributed by atoms with Crippen molar-refractivity contribution in [3.05, 3.63) is 11.2 Å². The molecule has 1 rings (SSSR count). The molecule has 0 unspecified atom stereocenters. The van der Waals surface area contributed by atoms with Gasteiger partial charge in [-0.15, -0.1) is 11.3 Å². The molecule has 102 valence electrons. The lowest BCUT2D eigenvalue weighted by atomic mass is 9.98. The van der Waals surface area contributed by atoms with Gasteiger partial charge in [-0.25, -0.2) is 22.9 Å². The van der Waals surface area contributed by atoms with Crippen LogP contribution >= 0.6 is 11.3 Å². The zero-order chi connectivity index (χ0) is 14.0. The number of carboxylic acids is 1. The molecule has 0 radical (unpaired) electrons. The average Bonchev–Trinajstić information content (AvgIpc) is 2.78. The smallest absolute Gasteiger partial charge is 0.356 e. The van der Waals surface area contributed by atoms with Crippen molar-refractivity contribution < 1.29 is 18.3 Å². The van der Waals surface area contributed by atoms with E-state index in [1.165, 1.54) is 5.51 Å². The number of sulfonamides is 1. The Morgan fingerprint density at radius 1 is 1.50 bits per heavy atom. The third-order valence-corrected chi connectivity index (χ3v) is 5.93. The number of rotatable bonds is 6. The average molecular weight is 292 g/mol. The van der Waals surface area contributed by atoms with Crippen molar-refractivity contribution >= 4 is 27.3 Å². The van der Waals surface area contributed by atoms with Crippen molar-refractivity contribution in [2.24, 2.45) is 0 Å². The number of carboxylic acid groups (broad SMARTS) is 1. The molecule has 0 spiro atoms. The van der Waals surface area contributed by atoms with Gasteiger partial charge in [0.05, 0.1) is 5.51 Å². The molecular formula is C10H16N2O4S2. The Morgan fingerprint density at radius 3 is 2.50 bits per heavy atom. The van der Waals surface area contributed by atoms with Crippen LogP contribution < -0.4 is 4.72 Å². The van der Waals surface area contributed by atoms with Gasteiger partial charge in [0.15, 0.2) is 9.90 Å². The molecule has 0 aromatic carbocycles. The van der Waals surface area contributed by atoms with Crippen LogP contribution in [0.1, 0.15) is 44.1 Å². The summed E-state index contributed by atoms with van der Waals surface area (Å²) in [7, 11) is -3.85. The molecule has 0 saturated carbocycles. The predicted molar refractivity (Wildman–Crippen MR) is 68.4 cm³/mol. The second kappa shape index (κ2) is 5.33. The molecule has 0 amide bonds. The molecule has 1 aromatic heterocycles. The lowest BCUT2D eigenvalue weighted by Gasteiger charge is -2.27. The number of aromatic carboxylic acids is 1. The molecule has 0 fully saturated rings. The number of nitrogens with one attached hydrogen (secondary N) is 1. The zero-order valence-corrected chi connectivity index (χ0v) is 12.1. The predicted octanol–water partition coefficient (Wildman–Crippen LogP) is 1.70. The monoisotopic (exact) mass is 292 g/mol. The minimum Gasteiger partial charge on any atom is -0.476 e. The Bertz CT molecular complexity index is 532. The van der Waals surface area contributed by atoms with Crippen LogP contribution in [-0.2, 0) is 10.0 Å². The van der Waals surface area contributed by atoms with Crippen molar-refractivity contribution in [3.8, 4) is 0 Å². The number of hydrogen-bond donors (Lipinski definition) is 2. The number of hydrogen-bond acceptors (Lipinski definition) is 5. The fraction of sp³-hybridized carbons (Fsp3) is 0.600. The third kappa shape index (κ3) is 3.06. The van der Waals surface area contributed by atoms with E-state index in [0.717, 1.165) is 11.3 Å². The van der Waals surface area contributed by atoms with Crippen LogP contribution in [0, 0.1) is 0 Å². The molecule has 0 aliphatic rings. The quantitative estimate of drug-likeness (QED) is 0.831. The number of thiazole rings is 1. The Hall–Kier alpha value is -0.990. The van der Waals surface area contributed by atoms with Crippen molar-refractivity contribution in [2.45, 2.75) is 43.4 Å². The van der Waals surface area contributed by atoms with E-state index in [-0.39, 0.29) is 4.21 Å². The van der Waals surface area contributed by atoms with Gasteiger partial charge >= 0.3 is 5.97 Å². The number of carbonyl (C=O) groups is 1. The molecule has 18 heavy (non-hydrogen) atoms. The van der Waals surface area contributed by atoms with E-state index in [4.69, 9.17) is 5.11 Å². The maximum absolute atomic E-state index is 12.1. The van der Waals surface area contributed by atoms with Gasteiger partial charge in [0.25, 0.3) is 10.0 Å². The molecule has 0 aliphatic carbocycles. The highest BCUT2D eigenvalue weighted by Gasteiger charge is 2.32. The van der Waals surface area contributed by atoms with Gasteiger partial charge in [-0.3, -0.25) is 0 Å². The minimum absolute atomic E-state index is 0.247. The van der Waals surface area contributed by atoms with Crippen LogP contribution in [0.4, 0.5) is 0 Å². The lowest BCUT2D eigenvalue weighted by Crippen LogP contribution is -2.44. The third-order valence-electron chi connectivity index (χ3n) is 2.92. The van der Waals surface area contributed by atoms with E-state index in [9.17, 15) is 13.2 Å². The molecule has 0 bridgehead atoms. The first-order valence-corrected chi connectivity index (χ1v) is 7.83.